The number of pyridine rings is 2. The molecule has 1 aromatic carbocycles. The monoisotopic (exact) mass is 457 g/mol. The Bertz CT molecular complexity index is 1370. The Morgan fingerprint density at radius 3 is 2.68 bits per heavy atom. The largest absolute Gasteiger partial charge is 0.348 e. The van der Waals surface area contributed by atoms with Crippen LogP contribution in [0.3, 0.4) is 0 Å². The van der Waals surface area contributed by atoms with Crippen LogP contribution in [0.4, 0.5) is 4.39 Å². The fraction of sp³-hybridized carbons (Fsp3) is 0.407. The molecular weight excluding hydrogens is 429 g/mol. The topological polar surface area (TPSA) is 83.6 Å². The van der Waals surface area contributed by atoms with E-state index in [1.165, 1.54) is 11.6 Å². The Hall–Kier alpha value is -3.35. The van der Waals surface area contributed by atoms with Gasteiger partial charge in [-0.2, -0.15) is 0 Å². The summed E-state index contributed by atoms with van der Waals surface area (Å²) in [6, 6.07) is 9.03. The summed E-state index contributed by atoms with van der Waals surface area (Å²) in [4.78, 5) is 29.3. The molecule has 4 aromatic rings. The molecule has 1 unspecified atom stereocenters. The third-order valence-electron chi connectivity index (χ3n) is 7.62. The van der Waals surface area contributed by atoms with E-state index in [0.717, 1.165) is 66.3 Å². The first kappa shape index (κ1) is 21.2. The normalized spacial score (nSPS) is 21.6. The molecule has 0 spiro atoms. The van der Waals surface area contributed by atoms with E-state index in [4.69, 9.17) is 4.98 Å². The zero-order valence-electron chi connectivity index (χ0n) is 19.2. The number of aromatic nitrogens is 4. The highest BCUT2D eigenvalue weighted by atomic mass is 19.1. The van der Waals surface area contributed by atoms with Gasteiger partial charge in [-0.1, -0.05) is 6.92 Å². The van der Waals surface area contributed by atoms with Crippen LogP contribution in [0.15, 0.2) is 42.7 Å². The van der Waals surface area contributed by atoms with Crippen molar-refractivity contribution in [2.24, 2.45) is 5.92 Å². The maximum absolute atomic E-state index is 13.9. The fourth-order valence-electron chi connectivity index (χ4n) is 5.41. The van der Waals surface area contributed by atoms with Crippen LogP contribution in [0.5, 0.6) is 0 Å². The summed E-state index contributed by atoms with van der Waals surface area (Å²) in [6.45, 7) is 2.23. The standard InChI is InChI=1S/C27H28FN5O/c1-15(26-32-23-13-24(30-14-25(23)33-26)27(34)31-19-7-8-19)16-2-4-17(5-3-16)20-10-11-29-22-9-6-18(28)12-21(20)22/h6,9-17,19H,2-5,7-8H2,1H3,(H,31,34)(H,32,33)/t15?,16-,17+. The summed E-state index contributed by atoms with van der Waals surface area (Å²) in [6.07, 6.45) is 9.95. The zero-order chi connectivity index (χ0) is 23.2. The highest BCUT2D eigenvalue weighted by Crippen LogP contribution is 2.43. The molecule has 2 fully saturated rings. The number of amides is 1. The minimum Gasteiger partial charge on any atom is -0.348 e. The number of benzene rings is 1. The van der Waals surface area contributed by atoms with E-state index in [1.54, 1.807) is 24.4 Å². The van der Waals surface area contributed by atoms with Gasteiger partial charge in [-0.15, -0.1) is 0 Å². The number of rotatable bonds is 5. The van der Waals surface area contributed by atoms with E-state index in [0.29, 0.717) is 23.6 Å². The second-order valence-corrected chi connectivity index (χ2v) is 9.92. The minimum absolute atomic E-state index is 0.115. The van der Waals surface area contributed by atoms with Crippen molar-refractivity contribution in [3.05, 3.63) is 65.6 Å². The van der Waals surface area contributed by atoms with Gasteiger partial charge in [0.25, 0.3) is 5.91 Å². The average molecular weight is 458 g/mol. The smallest absolute Gasteiger partial charge is 0.270 e. The number of hydrogen-bond acceptors (Lipinski definition) is 4. The van der Waals surface area contributed by atoms with E-state index in [-0.39, 0.29) is 17.6 Å². The van der Waals surface area contributed by atoms with Gasteiger partial charge < -0.3 is 10.3 Å². The van der Waals surface area contributed by atoms with Crippen molar-refractivity contribution in [2.75, 3.05) is 0 Å². The van der Waals surface area contributed by atoms with Crippen molar-refractivity contribution >= 4 is 27.8 Å². The molecule has 174 valence electrons. The molecule has 7 heteroatoms. The first-order chi connectivity index (χ1) is 16.5. The third-order valence-corrected chi connectivity index (χ3v) is 7.62. The van der Waals surface area contributed by atoms with Gasteiger partial charge in [0.05, 0.1) is 17.2 Å². The van der Waals surface area contributed by atoms with Gasteiger partial charge in [0.1, 0.15) is 22.9 Å². The molecule has 3 aromatic heterocycles. The summed E-state index contributed by atoms with van der Waals surface area (Å²) in [5.74, 6) is 1.85. The molecule has 6 nitrogen and oxygen atoms in total. The van der Waals surface area contributed by atoms with Crippen molar-refractivity contribution in [2.45, 2.75) is 63.3 Å². The number of halogens is 1. The fourth-order valence-corrected chi connectivity index (χ4v) is 5.41. The molecule has 0 bridgehead atoms. The number of nitrogens with one attached hydrogen (secondary N) is 2. The first-order valence-electron chi connectivity index (χ1n) is 12.3. The summed E-state index contributed by atoms with van der Waals surface area (Å²) in [7, 11) is 0. The molecule has 2 aliphatic rings. The molecular formula is C27H28FN5O. The second kappa shape index (κ2) is 8.46. The van der Waals surface area contributed by atoms with E-state index < -0.39 is 0 Å². The van der Waals surface area contributed by atoms with E-state index in [2.05, 4.69) is 33.3 Å². The van der Waals surface area contributed by atoms with Crippen molar-refractivity contribution in [3.63, 3.8) is 0 Å². The number of carbonyl (C=O) groups excluding carboxylic acids is 1. The van der Waals surface area contributed by atoms with Crippen LogP contribution in [0, 0.1) is 11.7 Å². The third kappa shape index (κ3) is 4.04. The van der Waals surface area contributed by atoms with Crippen LogP contribution in [0.2, 0.25) is 0 Å². The van der Waals surface area contributed by atoms with Gasteiger partial charge in [-0.05, 0) is 86.3 Å². The number of carbonyl (C=O) groups is 1. The van der Waals surface area contributed by atoms with Crippen molar-refractivity contribution in [1.82, 2.24) is 25.3 Å². The summed E-state index contributed by atoms with van der Waals surface area (Å²) < 4.78 is 13.9. The van der Waals surface area contributed by atoms with Crippen molar-refractivity contribution < 1.29 is 9.18 Å². The van der Waals surface area contributed by atoms with Crippen molar-refractivity contribution in [1.29, 1.82) is 0 Å². The Morgan fingerprint density at radius 2 is 1.88 bits per heavy atom. The van der Waals surface area contributed by atoms with Gasteiger partial charge in [0, 0.05) is 23.5 Å². The van der Waals surface area contributed by atoms with Gasteiger partial charge >= 0.3 is 0 Å². The SMILES string of the molecule is CC(c1nc2cnc(C(=O)NC3CC3)cc2[nH]1)[C@H]1CC[C@@H](c2ccnc3ccc(F)cc32)CC1. The average Bonchev–Trinajstić information content (AvgIpc) is 3.57. The van der Waals surface area contributed by atoms with E-state index in [1.807, 2.05) is 6.20 Å². The Morgan fingerprint density at radius 1 is 1.06 bits per heavy atom. The molecule has 2 N–H and O–H groups in total. The molecule has 1 atom stereocenters. The van der Waals surface area contributed by atoms with E-state index in [9.17, 15) is 9.18 Å². The lowest BCUT2D eigenvalue weighted by molar-refractivity contribution is 0.0946. The second-order valence-electron chi connectivity index (χ2n) is 9.92. The molecule has 34 heavy (non-hydrogen) atoms. The highest BCUT2D eigenvalue weighted by molar-refractivity contribution is 5.95. The molecule has 2 aliphatic carbocycles. The van der Waals surface area contributed by atoms with E-state index >= 15 is 0 Å². The minimum atomic E-state index is -0.211. The molecule has 3 heterocycles. The lowest BCUT2D eigenvalue weighted by atomic mass is 9.73. The number of hydrogen-bond donors (Lipinski definition) is 2. The Kier molecular flexibility index (Phi) is 5.27. The van der Waals surface area contributed by atoms with Crippen LogP contribution in [0.1, 0.15) is 79.2 Å². The maximum Gasteiger partial charge on any atom is 0.270 e. The lowest BCUT2D eigenvalue weighted by Crippen LogP contribution is -2.26. The Labute approximate surface area is 197 Å². The number of fused-ring (bicyclic) bond motifs is 2. The van der Waals surface area contributed by atoms with Crippen LogP contribution in [0.25, 0.3) is 21.9 Å². The maximum atomic E-state index is 13.9. The molecule has 0 radical (unpaired) electrons. The number of imidazole rings is 1. The summed E-state index contributed by atoms with van der Waals surface area (Å²) >= 11 is 0. The summed E-state index contributed by atoms with van der Waals surface area (Å²) in [5, 5.41) is 3.92. The predicted octanol–water partition coefficient (Wildman–Crippen LogP) is 5.61. The highest BCUT2D eigenvalue weighted by Gasteiger charge is 2.29. The van der Waals surface area contributed by atoms with Gasteiger partial charge in [0.2, 0.25) is 0 Å². The van der Waals surface area contributed by atoms with Gasteiger partial charge in [-0.3, -0.25) is 9.78 Å². The molecule has 6 rings (SSSR count). The zero-order valence-corrected chi connectivity index (χ0v) is 19.2. The van der Waals surface area contributed by atoms with Gasteiger partial charge in [-0.25, -0.2) is 14.4 Å². The van der Waals surface area contributed by atoms with Crippen LogP contribution in [-0.2, 0) is 0 Å². The molecule has 1 amide bonds. The van der Waals surface area contributed by atoms with Crippen molar-refractivity contribution in [3.8, 4) is 0 Å². The molecule has 0 saturated heterocycles. The number of aromatic amines is 1. The quantitative estimate of drug-likeness (QED) is 0.408. The number of nitrogens with zero attached hydrogens (tertiary/aromatic N) is 3. The lowest BCUT2D eigenvalue weighted by Gasteiger charge is -2.32. The van der Waals surface area contributed by atoms with Crippen LogP contribution >= 0.6 is 0 Å². The summed E-state index contributed by atoms with van der Waals surface area (Å²) in [5.41, 5.74) is 4.15. The van der Waals surface area contributed by atoms with Crippen LogP contribution < -0.4 is 5.32 Å². The first-order valence-corrected chi connectivity index (χ1v) is 12.3. The van der Waals surface area contributed by atoms with Gasteiger partial charge in [0.15, 0.2) is 0 Å². The number of H-pyrrole nitrogens is 1. The Balaban J connectivity index is 1.16. The van der Waals surface area contributed by atoms with Crippen LogP contribution in [-0.4, -0.2) is 31.9 Å². The predicted molar refractivity (Wildman–Crippen MR) is 129 cm³/mol. The molecule has 2 saturated carbocycles. The molecule has 0 aliphatic heterocycles.